The molecule has 1 rings (SSSR count). The van der Waals surface area contributed by atoms with Crippen LogP contribution in [0.25, 0.3) is 6.08 Å². The van der Waals surface area contributed by atoms with Crippen LogP contribution < -0.4 is 5.73 Å². The minimum Gasteiger partial charge on any atom is -0.327 e. The maximum atomic E-state index is 13.3. The standard InChI is InChI=1S/C9H8F2N2O2/c10-7-3-4-8(13(14)15)9(11)6(7)2-1-5-12/h1-4H,5,12H2/b2-1+. The first-order valence-corrected chi connectivity index (χ1v) is 4.07. The molecule has 0 unspecified atom stereocenters. The summed E-state index contributed by atoms with van der Waals surface area (Å²) in [7, 11) is 0. The van der Waals surface area contributed by atoms with Crippen LogP contribution >= 0.6 is 0 Å². The van der Waals surface area contributed by atoms with Crippen molar-refractivity contribution in [1.82, 2.24) is 0 Å². The summed E-state index contributed by atoms with van der Waals surface area (Å²) in [5.41, 5.74) is 3.90. The SMILES string of the molecule is NC/C=C/c1c(F)ccc([N+](=O)[O-])c1F. The lowest BCUT2D eigenvalue weighted by Gasteiger charge is -1.99. The van der Waals surface area contributed by atoms with Crippen LogP contribution in [0.3, 0.4) is 0 Å². The molecule has 15 heavy (non-hydrogen) atoms. The van der Waals surface area contributed by atoms with Crippen LogP contribution in [0.5, 0.6) is 0 Å². The predicted molar refractivity (Wildman–Crippen MR) is 51.1 cm³/mol. The Balaban J connectivity index is 3.30. The van der Waals surface area contributed by atoms with Crippen LogP contribution in [0.1, 0.15) is 5.56 Å². The smallest absolute Gasteiger partial charge is 0.305 e. The lowest BCUT2D eigenvalue weighted by atomic mass is 10.1. The first kappa shape index (κ1) is 11.3. The highest BCUT2D eigenvalue weighted by atomic mass is 19.1. The van der Waals surface area contributed by atoms with E-state index in [0.717, 1.165) is 18.2 Å². The van der Waals surface area contributed by atoms with Gasteiger partial charge in [-0.15, -0.1) is 0 Å². The fraction of sp³-hybridized carbons (Fsp3) is 0.111. The van der Waals surface area contributed by atoms with E-state index in [1.807, 2.05) is 0 Å². The second-order valence-corrected chi connectivity index (χ2v) is 2.69. The molecule has 4 nitrogen and oxygen atoms in total. The Hall–Kier alpha value is -1.82. The average Bonchev–Trinajstić information content (AvgIpc) is 2.17. The molecule has 0 aliphatic rings. The molecule has 1 aromatic rings. The number of benzene rings is 1. The van der Waals surface area contributed by atoms with Crippen molar-refractivity contribution in [2.75, 3.05) is 6.54 Å². The molecule has 1 aromatic carbocycles. The van der Waals surface area contributed by atoms with Crippen LogP contribution in [0.15, 0.2) is 18.2 Å². The molecule has 0 spiro atoms. The van der Waals surface area contributed by atoms with Gasteiger partial charge in [0.05, 0.1) is 10.5 Å². The van der Waals surface area contributed by atoms with E-state index in [0.29, 0.717) is 0 Å². The summed E-state index contributed by atoms with van der Waals surface area (Å²) in [5, 5.41) is 10.4. The zero-order chi connectivity index (χ0) is 11.4. The molecule has 0 heterocycles. The molecular formula is C9H8F2N2O2. The monoisotopic (exact) mass is 214 g/mol. The predicted octanol–water partition coefficient (Wildman–Crippen LogP) is 1.84. The van der Waals surface area contributed by atoms with Crippen molar-refractivity contribution in [3.63, 3.8) is 0 Å². The molecule has 0 saturated heterocycles. The first-order valence-electron chi connectivity index (χ1n) is 4.07. The zero-order valence-electron chi connectivity index (χ0n) is 7.61. The van der Waals surface area contributed by atoms with Gasteiger partial charge < -0.3 is 5.73 Å². The third kappa shape index (κ3) is 2.35. The molecule has 0 aliphatic heterocycles. The third-order valence-corrected chi connectivity index (χ3v) is 1.72. The summed E-state index contributed by atoms with van der Waals surface area (Å²) in [4.78, 5) is 9.45. The largest absolute Gasteiger partial charge is 0.327 e. The van der Waals surface area contributed by atoms with Crippen molar-refractivity contribution in [2.24, 2.45) is 5.73 Å². The fourth-order valence-corrected chi connectivity index (χ4v) is 1.04. The molecule has 2 N–H and O–H groups in total. The summed E-state index contributed by atoms with van der Waals surface area (Å²) in [6.07, 6.45) is 2.39. The fourth-order valence-electron chi connectivity index (χ4n) is 1.04. The number of nitrogens with zero attached hydrogens (tertiary/aromatic N) is 1. The van der Waals surface area contributed by atoms with Crippen LogP contribution in [0.4, 0.5) is 14.5 Å². The van der Waals surface area contributed by atoms with E-state index in [1.54, 1.807) is 0 Å². The minimum absolute atomic E-state index is 0.0988. The normalized spacial score (nSPS) is 10.9. The lowest BCUT2D eigenvalue weighted by molar-refractivity contribution is -0.387. The van der Waals surface area contributed by atoms with Gasteiger partial charge in [0, 0.05) is 12.6 Å². The van der Waals surface area contributed by atoms with E-state index in [2.05, 4.69) is 0 Å². The van der Waals surface area contributed by atoms with Gasteiger partial charge in [-0.2, -0.15) is 4.39 Å². The number of nitro benzene ring substituents is 1. The summed E-state index contributed by atoms with van der Waals surface area (Å²) in [6, 6.07) is 1.63. The van der Waals surface area contributed by atoms with Gasteiger partial charge in [0.15, 0.2) is 0 Å². The maximum absolute atomic E-state index is 13.3. The van der Waals surface area contributed by atoms with Gasteiger partial charge in [0.25, 0.3) is 0 Å². The average molecular weight is 214 g/mol. The first-order chi connectivity index (χ1) is 7.07. The molecule has 0 aromatic heterocycles. The van der Waals surface area contributed by atoms with E-state index in [4.69, 9.17) is 5.73 Å². The Kier molecular flexibility index (Phi) is 3.46. The van der Waals surface area contributed by atoms with E-state index in [9.17, 15) is 18.9 Å². The van der Waals surface area contributed by atoms with E-state index in [-0.39, 0.29) is 6.54 Å². The van der Waals surface area contributed by atoms with Gasteiger partial charge in [0.1, 0.15) is 5.82 Å². The van der Waals surface area contributed by atoms with Crippen molar-refractivity contribution < 1.29 is 13.7 Å². The Bertz CT molecular complexity index is 419. The maximum Gasteiger partial charge on any atom is 0.305 e. The molecule has 6 heteroatoms. The topological polar surface area (TPSA) is 69.2 Å². The molecule has 0 saturated carbocycles. The highest BCUT2D eigenvalue weighted by Gasteiger charge is 2.19. The van der Waals surface area contributed by atoms with Crippen molar-refractivity contribution in [3.05, 3.63) is 45.5 Å². The van der Waals surface area contributed by atoms with Crippen molar-refractivity contribution >= 4 is 11.8 Å². The Labute approximate surface area is 84.2 Å². The lowest BCUT2D eigenvalue weighted by Crippen LogP contribution is -1.98. The minimum atomic E-state index is -1.19. The second-order valence-electron chi connectivity index (χ2n) is 2.69. The molecule has 0 bridgehead atoms. The van der Waals surface area contributed by atoms with Crippen LogP contribution in [-0.2, 0) is 0 Å². The molecule has 0 amide bonds. The Morgan fingerprint density at radius 1 is 1.47 bits per heavy atom. The van der Waals surface area contributed by atoms with E-state index < -0.39 is 27.8 Å². The van der Waals surface area contributed by atoms with Gasteiger partial charge in [0.2, 0.25) is 5.82 Å². The third-order valence-electron chi connectivity index (χ3n) is 1.72. The number of hydrogen-bond donors (Lipinski definition) is 1. The number of rotatable bonds is 3. The molecule has 0 aliphatic carbocycles. The zero-order valence-corrected chi connectivity index (χ0v) is 7.61. The Morgan fingerprint density at radius 3 is 2.67 bits per heavy atom. The van der Waals surface area contributed by atoms with Gasteiger partial charge in [-0.05, 0) is 6.07 Å². The quantitative estimate of drug-likeness (QED) is 0.616. The highest BCUT2D eigenvalue weighted by molar-refractivity contribution is 5.55. The Morgan fingerprint density at radius 2 is 2.13 bits per heavy atom. The van der Waals surface area contributed by atoms with E-state index >= 15 is 0 Å². The van der Waals surface area contributed by atoms with Gasteiger partial charge in [-0.3, -0.25) is 10.1 Å². The summed E-state index contributed by atoms with van der Waals surface area (Å²) < 4.78 is 26.4. The number of nitrogens with two attached hydrogens (primary N) is 1. The summed E-state index contributed by atoms with van der Waals surface area (Å²) in [5.74, 6) is -2.05. The molecule has 0 fully saturated rings. The van der Waals surface area contributed by atoms with Gasteiger partial charge in [-0.25, -0.2) is 4.39 Å². The van der Waals surface area contributed by atoms with Gasteiger partial charge >= 0.3 is 5.69 Å². The summed E-state index contributed by atoms with van der Waals surface area (Å²) in [6.45, 7) is 0.0988. The molecule has 0 radical (unpaired) electrons. The number of halogens is 2. The molecule has 0 atom stereocenters. The van der Waals surface area contributed by atoms with Crippen LogP contribution in [0.2, 0.25) is 0 Å². The van der Waals surface area contributed by atoms with Crippen LogP contribution in [-0.4, -0.2) is 11.5 Å². The van der Waals surface area contributed by atoms with Gasteiger partial charge in [-0.1, -0.05) is 12.2 Å². The van der Waals surface area contributed by atoms with Crippen molar-refractivity contribution in [2.45, 2.75) is 0 Å². The molecule has 80 valence electrons. The molecular weight excluding hydrogens is 206 g/mol. The summed E-state index contributed by atoms with van der Waals surface area (Å²) >= 11 is 0. The number of nitro groups is 1. The van der Waals surface area contributed by atoms with Crippen molar-refractivity contribution in [1.29, 1.82) is 0 Å². The second kappa shape index (κ2) is 4.61. The highest BCUT2D eigenvalue weighted by Crippen LogP contribution is 2.23. The van der Waals surface area contributed by atoms with E-state index in [1.165, 1.54) is 6.08 Å². The number of hydrogen-bond acceptors (Lipinski definition) is 3. The van der Waals surface area contributed by atoms with Crippen LogP contribution in [0, 0.1) is 21.7 Å². The van der Waals surface area contributed by atoms with Crippen molar-refractivity contribution in [3.8, 4) is 0 Å².